The summed E-state index contributed by atoms with van der Waals surface area (Å²) in [6, 6.07) is 8.90. The highest BCUT2D eigenvalue weighted by Gasteiger charge is 2.14. The number of carbonyl (C=O) groups is 1. The Bertz CT molecular complexity index is 795. The summed E-state index contributed by atoms with van der Waals surface area (Å²) >= 11 is 13.8. The fourth-order valence-electron chi connectivity index (χ4n) is 2.03. The third-order valence-corrected chi connectivity index (χ3v) is 4.65. The largest absolute Gasteiger partial charge is 0.467 e. The van der Waals surface area contributed by atoms with E-state index in [1.54, 1.807) is 36.6 Å². The monoisotopic (exact) mass is 366 g/mol. The quantitative estimate of drug-likeness (QED) is 0.719. The van der Waals surface area contributed by atoms with Gasteiger partial charge in [0.15, 0.2) is 0 Å². The third-order valence-electron chi connectivity index (χ3n) is 3.11. The highest BCUT2D eigenvalue weighted by Crippen LogP contribution is 2.36. The Morgan fingerprint density at radius 2 is 2.00 bits per heavy atom. The lowest BCUT2D eigenvalue weighted by Gasteiger charge is -2.03. The summed E-state index contributed by atoms with van der Waals surface area (Å²) in [7, 11) is 0. The predicted molar refractivity (Wildman–Crippen MR) is 91.8 cm³/mol. The molecule has 0 spiro atoms. The van der Waals surface area contributed by atoms with Crippen LogP contribution in [-0.4, -0.2) is 10.9 Å². The Morgan fingerprint density at radius 3 is 2.70 bits per heavy atom. The normalized spacial score (nSPS) is 10.7. The standard InChI is InChI=1S/C16H12Cl2N2O2S/c17-12-4-1-5-13(18)15(12)16-20-10(9-23-16)7-14(21)19-8-11-3-2-6-22-11/h1-6,9H,7-8H2,(H,19,21). The first kappa shape index (κ1) is 16.1. The molecule has 7 heteroatoms. The molecule has 0 saturated heterocycles. The molecule has 0 aliphatic carbocycles. The maximum absolute atomic E-state index is 11.9. The van der Waals surface area contributed by atoms with E-state index in [0.29, 0.717) is 38.6 Å². The molecule has 0 saturated carbocycles. The Morgan fingerprint density at radius 1 is 1.22 bits per heavy atom. The molecule has 4 nitrogen and oxygen atoms in total. The van der Waals surface area contributed by atoms with Crippen LogP contribution in [0.1, 0.15) is 11.5 Å². The van der Waals surface area contributed by atoms with E-state index in [4.69, 9.17) is 27.6 Å². The second-order valence-electron chi connectivity index (χ2n) is 4.77. The highest BCUT2D eigenvalue weighted by molar-refractivity contribution is 7.13. The van der Waals surface area contributed by atoms with E-state index in [1.807, 2.05) is 5.38 Å². The molecule has 1 amide bonds. The van der Waals surface area contributed by atoms with Crippen molar-refractivity contribution in [2.45, 2.75) is 13.0 Å². The van der Waals surface area contributed by atoms with Gasteiger partial charge in [-0.25, -0.2) is 4.98 Å². The molecule has 1 aromatic carbocycles. The van der Waals surface area contributed by atoms with Crippen molar-refractivity contribution in [3.63, 3.8) is 0 Å². The molecule has 0 radical (unpaired) electrons. The number of nitrogens with zero attached hydrogens (tertiary/aromatic N) is 1. The van der Waals surface area contributed by atoms with Crippen molar-refractivity contribution in [3.05, 3.63) is 63.5 Å². The first-order chi connectivity index (χ1) is 11.1. The number of aromatic nitrogens is 1. The minimum absolute atomic E-state index is 0.122. The molecule has 0 aliphatic heterocycles. The summed E-state index contributed by atoms with van der Waals surface area (Å²) in [6.07, 6.45) is 1.76. The van der Waals surface area contributed by atoms with Gasteiger partial charge in [-0.15, -0.1) is 11.3 Å². The molecule has 0 atom stereocenters. The zero-order valence-corrected chi connectivity index (χ0v) is 14.2. The molecule has 0 bridgehead atoms. The van der Waals surface area contributed by atoms with E-state index in [9.17, 15) is 4.79 Å². The van der Waals surface area contributed by atoms with E-state index in [1.165, 1.54) is 11.3 Å². The van der Waals surface area contributed by atoms with Crippen LogP contribution >= 0.6 is 34.5 Å². The third kappa shape index (κ3) is 3.93. The van der Waals surface area contributed by atoms with Gasteiger partial charge in [-0.05, 0) is 24.3 Å². The van der Waals surface area contributed by atoms with Gasteiger partial charge >= 0.3 is 0 Å². The molecule has 0 aliphatic rings. The summed E-state index contributed by atoms with van der Waals surface area (Å²) in [5.74, 6) is 0.587. The zero-order valence-electron chi connectivity index (χ0n) is 11.9. The fraction of sp³-hybridized carbons (Fsp3) is 0.125. The summed E-state index contributed by atoms with van der Waals surface area (Å²) in [6.45, 7) is 0.360. The number of nitrogens with one attached hydrogen (secondary N) is 1. The van der Waals surface area contributed by atoms with Crippen LogP contribution in [0.3, 0.4) is 0 Å². The van der Waals surface area contributed by atoms with Gasteiger partial charge in [-0.2, -0.15) is 0 Å². The first-order valence-corrected chi connectivity index (χ1v) is 8.45. The average molecular weight is 367 g/mol. The topological polar surface area (TPSA) is 55.1 Å². The number of hydrogen-bond acceptors (Lipinski definition) is 4. The number of halogens is 2. The lowest BCUT2D eigenvalue weighted by molar-refractivity contribution is -0.120. The van der Waals surface area contributed by atoms with Gasteiger partial charge < -0.3 is 9.73 Å². The second kappa shape index (κ2) is 7.17. The molecule has 0 fully saturated rings. The maximum Gasteiger partial charge on any atom is 0.226 e. The van der Waals surface area contributed by atoms with Crippen molar-refractivity contribution < 1.29 is 9.21 Å². The van der Waals surface area contributed by atoms with Crippen LogP contribution in [-0.2, 0) is 17.8 Å². The van der Waals surface area contributed by atoms with E-state index >= 15 is 0 Å². The van der Waals surface area contributed by atoms with Crippen molar-refractivity contribution in [2.75, 3.05) is 0 Å². The summed E-state index contributed by atoms with van der Waals surface area (Å²) < 4.78 is 5.16. The Hall–Kier alpha value is -1.82. The van der Waals surface area contributed by atoms with Crippen LogP contribution in [0, 0.1) is 0 Å². The van der Waals surface area contributed by atoms with Gasteiger partial charge in [-0.3, -0.25) is 4.79 Å². The first-order valence-electron chi connectivity index (χ1n) is 6.81. The molecule has 23 heavy (non-hydrogen) atoms. The van der Waals surface area contributed by atoms with Crippen LogP contribution in [0.5, 0.6) is 0 Å². The number of amides is 1. The van der Waals surface area contributed by atoms with E-state index in [0.717, 1.165) is 0 Å². The summed E-state index contributed by atoms with van der Waals surface area (Å²) in [5, 5.41) is 6.41. The fourth-order valence-corrected chi connectivity index (χ4v) is 3.61. The molecule has 1 N–H and O–H groups in total. The van der Waals surface area contributed by atoms with Crippen molar-refractivity contribution >= 4 is 40.4 Å². The molecular formula is C16H12Cl2N2O2S. The number of benzene rings is 1. The highest BCUT2D eigenvalue weighted by atomic mass is 35.5. The Labute approximate surface area is 147 Å². The number of rotatable bonds is 5. The van der Waals surface area contributed by atoms with Crippen LogP contribution < -0.4 is 5.32 Å². The van der Waals surface area contributed by atoms with Gasteiger partial charge in [0.1, 0.15) is 10.8 Å². The number of hydrogen-bond donors (Lipinski definition) is 1. The molecule has 3 rings (SSSR count). The van der Waals surface area contributed by atoms with Gasteiger partial charge in [0.25, 0.3) is 0 Å². The zero-order chi connectivity index (χ0) is 16.2. The molecule has 2 aromatic heterocycles. The number of carbonyl (C=O) groups excluding carboxylic acids is 1. The average Bonchev–Trinajstić information content (AvgIpc) is 3.17. The Kier molecular flexibility index (Phi) is 5.00. The minimum atomic E-state index is -0.122. The van der Waals surface area contributed by atoms with E-state index in [-0.39, 0.29) is 12.3 Å². The predicted octanol–water partition coefficient (Wildman–Crippen LogP) is 4.57. The molecule has 2 heterocycles. The van der Waals surface area contributed by atoms with Crippen molar-refractivity contribution in [1.82, 2.24) is 10.3 Å². The Balaban J connectivity index is 1.66. The number of furan rings is 1. The lowest BCUT2D eigenvalue weighted by atomic mass is 10.2. The maximum atomic E-state index is 11.9. The van der Waals surface area contributed by atoms with Gasteiger partial charge in [-0.1, -0.05) is 29.3 Å². The molecule has 118 valence electrons. The van der Waals surface area contributed by atoms with Crippen LogP contribution in [0.25, 0.3) is 10.6 Å². The molecule has 3 aromatic rings. The molecular weight excluding hydrogens is 355 g/mol. The van der Waals surface area contributed by atoms with Crippen LogP contribution in [0.15, 0.2) is 46.4 Å². The number of thiazole rings is 1. The minimum Gasteiger partial charge on any atom is -0.467 e. The van der Waals surface area contributed by atoms with Crippen LogP contribution in [0.4, 0.5) is 0 Å². The van der Waals surface area contributed by atoms with E-state index in [2.05, 4.69) is 10.3 Å². The SMILES string of the molecule is O=C(Cc1csc(-c2c(Cl)cccc2Cl)n1)NCc1ccco1. The summed E-state index contributed by atoms with van der Waals surface area (Å²) in [4.78, 5) is 16.4. The molecule has 0 unspecified atom stereocenters. The summed E-state index contributed by atoms with van der Waals surface area (Å²) in [5.41, 5.74) is 1.38. The van der Waals surface area contributed by atoms with Gasteiger partial charge in [0, 0.05) is 10.9 Å². The van der Waals surface area contributed by atoms with E-state index < -0.39 is 0 Å². The smallest absolute Gasteiger partial charge is 0.226 e. The van der Waals surface area contributed by atoms with Crippen molar-refractivity contribution in [2.24, 2.45) is 0 Å². The lowest BCUT2D eigenvalue weighted by Crippen LogP contribution is -2.24. The van der Waals surface area contributed by atoms with Gasteiger partial charge in [0.2, 0.25) is 5.91 Å². The van der Waals surface area contributed by atoms with Crippen molar-refractivity contribution in [1.29, 1.82) is 0 Å². The van der Waals surface area contributed by atoms with Crippen molar-refractivity contribution in [3.8, 4) is 10.6 Å². The second-order valence-corrected chi connectivity index (χ2v) is 6.45. The van der Waals surface area contributed by atoms with Crippen LogP contribution in [0.2, 0.25) is 10.0 Å². The van der Waals surface area contributed by atoms with Gasteiger partial charge in [0.05, 0.1) is 35.0 Å².